The van der Waals surface area contributed by atoms with Gasteiger partial charge in [-0.15, -0.1) is 0 Å². The van der Waals surface area contributed by atoms with E-state index in [-0.39, 0.29) is 24.5 Å². The molecule has 1 N–H and O–H groups in total. The molecule has 2 heterocycles. The van der Waals surface area contributed by atoms with Crippen LogP contribution in [0.15, 0.2) is 46.9 Å². The van der Waals surface area contributed by atoms with Crippen LogP contribution in [0.2, 0.25) is 0 Å². The molecule has 2 amide bonds. The summed E-state index contributed by atoms with van der Waals surface area (Å²) in [7, 11) is 0. The van der Waals surface area contributed by atoms with E-state index in [0.29, 0.717) is 62.6 Å². The van der Waals surface area contributed by atoms with Crippen molar-refractivity contribution in [2.24, 2.45) is 5.92 Å². The molecular weight excluding hydrogens is 464 g/mol. The Labute approximate surface area is 189 Å². The molecule has 0 spiro atoms. The standard InChI is InChI=1S/C23H25BrN2O5/c24-17-3-1-4-19(13-17)29-12-2-5-22(27)26-10-8-16(9-11-26)23(28)25-18-6-7-20-21(14-18)31-15-30-20/h1,3-4,6-7,13-14,16H,2,5,8-12,15H2,(H,25,28). The summed E-state index contributed by atoms with van der Waals surface area (Å²) in [6.45, 7) is 1.90. The monoisotopic (exact) mass is 488 g/mol. The number of hydrogen-bond donors (Lipinski definition) is 1. The minimum atomic E-state index is -0.102. The number of rotatable bonds is 7. The predicted molar refractivity (Wildman–Crippen MR) is 119 cm³/mol. The zero-order valence-electron chi connectivity index (χ0n) is 17.1. The zero-order valence-corrected chi connectivity index (χ0v) is 18.7. The number of nitrogens with zero attached hydrogens (tertiary/aromatic N) is 1. The highest BCUT2D eigenvalue weighted by Crippen LogP contribution is 2.34. The van der Waals surface area contributed by atoms with Crippen LogP contribution in [0.1, 0.15) is 25.7 Å². The highest BCUT2D eigenvalue weighted by molar-refractivity contribution is 9.10. The summed E-state index contributed by atoms with van der Waals surface area (Å²) in [6, 6.07) is 13.0. The molecule has 0 saturated carbocycles. The zero-order chi connectivity index (χ0) is 21.6. The van der Waals surface area contributed by atoms with Crippen LogP contribution >= 0.6 is 15.9 Å². The van der Waals surface area contributed by atoms with Crippen LogP contribution in [-0.2, 0) is 9.59 Å². The Hall–Kier alpha value is -2.74. The van der Waals surface area contributed by atoms with Gasteiger partial charge in [-0.2, -0.15) is 0 Å². The third-order valence-corrected chi connectivity index (χ3v) is 5.95. The van der Waals surface area contributed by atoms with Gasteiger partial charge in [0, 0.05) is 41.7 Å². The average Bonchev–Trinajstić information content (AvgIpc) is 3.25. The number of piperidine rings is 1. The maximum atomic E-state index is 12.6. The van der Waals surface area contributed by atoms with E-state index in [1.807, 2.05) is 29.2 Å². The molecule has 0 unspecified atom stereocenters. The first kappa shape index (κ1) is 21.5. The summed E-state index contributed by atoms with van der Waals surface area (Å²) in [5, 5.41) is 2.95. The first-order valence-corrected chi connectivity index (χ1v) is 11.2. The summed E-state index contributed by atoms with van der Waals surface area (Å²) < 4.78 is 17.3. The van der Waals surface area contributed by atoms with Crippen molar-refractivity contribution < 1.29 is 23.8 Å². The maximum Gasteiger partial charge on any atom is 0.231 e. The Morgan fingerprint density at radius 3 is 2.71 bits per heavy atom. The molecule has 2 aromatic rings. The lowest BCUT2D eigenvalue weighted by Crippen LogP contribution is -2.41. The Bertz CT molecular complexity index is 943. The van der Waals surface area contributed by atoms with Crippen LogP contribution in [-0.4, -0.2) is 43.2 Å². The fourth-order valence-corrected chi connectivity index (χ4v) is 4.12. The van der Waals surface area contributed by atoms with Crippen molar-refractivity contribution in [1.29, 1.82) is 0 Å². The van der Waals surface area contributed by atoms with Crippen molar-refractivity contribution in [1.82, 2.24) is 4.90 Å². The SMILES string of the molecule is O=C(Nc1ccc2c(c1)OCO2)C1CCN(C(=O)CCCOc2cccc(Br)c2)CC1. The van der Waals surface area contributed by atoms with Gasteiger partial charge in [0.15, 0.2) is 11.5 Å². The summed E-state index contributed by atoms with van der Waals surface area (Å²) in [6.07, 6.45) is 2.44. The van der Waals surface area contributed by atoms with E-state index >= 15 is 0 Å². The van der Waals surface area contributed by atoms with Gasteiger partial charge in [-0.05, 0) is 49.6 Å². The molecule has 8 heteroatoms. The number of likely N-dealkylation sites (tertiary alicyclic amines) is 1. The van der Waals surface area contributed by atoms with Gasteiger partial charge in [0.25, 0.3) is 0 Å². The molecule has 1 fully saturated rings. The number of nitrogens with one attached hydrogen (secondary N) is 1. The van der Waals surface area contributed by atoms with Crippen molar-refractivity contribution in [2.45, 2.75) is 25.7 Å². The van der Waals surface area contributed by atoms with E-state index in [1.54, 1.807) is 18.2 Å². The molecule has 164 valence electrons. The molecule has 2 aliphatic rings. The van der Waals surface area contributed by atoms with Gasteiger partial charge in [0.1, 0.15) is 5.75 Å². The van der Waals surface area contributed by atoms with Gasteiger partial charge < -0.3 is 24.4 Å². The fraction of sp³-hybridized carbons (Fsp3) is 0.391. The average molecular weight is 489 g/mol. The van der Waals surface area contributed by atoms with E-state index in [9.17, 15) is 9.59 Å². The molecule has 7 nitrogen and oxygen atoms in total. The number of hydrogen-bond acceptors (Lipinski definition) is 5. The summed E-state index contributed by atoms with van der Waals surface area (Å²) in [5.41, 5.74) is 0.693. The number of carbonyl (C=O) groups excluding carboxylic acids is 2. The Morgan fingerprint density at radius 2 is 1.90 bits per heavy atom. The second-order valence-corrected chi connectivity index (χ2v) is 8.54. The topological polar surface area (TPSA) is 77.1 Å². The van der Waals surface area contributed by atoms with Crippen LogP contribution in [0, 0.1) is 5.92 Å². The normalized spacial score (nSPS) is 15.6. The number of ether oxygens (including phenoxy) is 3. The minimum absolute atomic E-state index is 0.0200. The van der Waals surface area contributed by atoms with Crippen molar-refractivity contribution in [2.75, 3.05) is 31.8 Å². The first-order valence-electron chi connectivity index (χ1n) is 10.4. The second kappa shape index (κ2) is 10.0. The molecule has 31 heavy (non-hydrogen) atoms. The van der Waals surface area contributed by atoms with Crippen LogP contribution in [0.4, 0.5) is 5.69 Å². The van der Waals surface area contributed by atoms with Gasteiger partial charge >= 0.3 is 0 Å². The Kier molecular flexibility index (Phi) is 6.96. The van der Waals surface area contributed by atoms with Gasteiger partial charge in [0.2, 0.25) is 18.6 Å². The molecule has 0 bridgehead atoms. The van der Waals surface area contributed by atoms with Crippen LogP contribution in [0.3, 0.4) is 0 Å². The fourth-order valence-electron chi connectivity index (χ4n) is 3.74. The molecule has 0 atom stereocenters. The maximum absolute atomic E-state index is 12.6. The van der Waals surface area contributed by atoms with E-state index in [1.165, 1.54) is 0 Å². The Morgan fingerprint density at radius 1 is 1.10 bits per heavy atom. The van der Waals surface area contributed by atoms with Crippen molar-refractivity contribution in [3.8, 4) is 17.2 Å². The van der Waals surface area contributed by atoms with Crippen molar-refractivity contribution in [3.63, 3.8) is 0 Å². The Balaban J connectivity index is 1.16. The molecule has 1 saturated heterocycles. The second-order valence-electron chi connectivity index (χ2n) is 7.62. The number of fused-ring (bicyclic) bond motifs is 1. The van der Waals surface area contributed by atoms with Gasteiger partial charge in [-0.25, -0.2) is 0 Å². The molecule has 0 aliphatic carbocycles. The lowest BCUT2D eigenvalue weighted by Gasteiger charge is -2.31. The lowest BCUT2D eigenvalue weighted by molar-refractivity contribution is -0.134. The van der Waals surface area contributed by atoms with Gasteiger partial charge in [-0.1, -0.05) is 22.0 Å². The predicted octanol–water partition coefficient (Wildman–Crippen LogP) is 4.21. The largest absolute Gasteiger partial charge is 0.494 e. The van der Waals surface area contributed by atoms with E-state index < -0.39 is 0 Å². The number of carbonyl (C=O) groups is 2. The highest BCUT2D eigenvalue weighted by atomic mass is 79.9. The number of benzene rings is 2. The van der Waals surface area contributed by atoms with E-state index in [4.69, 9.17) is 14.2 Å². The molecule has 0 aromatic heterocycles. The summed E-state index contributed by atoms with van der Waals surface area (Å²) in [5.74, 6) is 2.11. The minimum Gasteiger partial charge on any atom is -0.494 e. The summed E-state index contributed by atoms with van der Waals surface area (Å²) >= 11 is 3.41. The smallest absolute Gasteiger partial charge is 0.231 e. The quantitative estimate of drug-likeness (QED) is 0.590. The first-order chi connectivity index (χ1) is 15.1. The molecule has 2 aliphatic heterocycles. The van der Waals surface area contributed by atoms with Crippen LogP contribution < -0.4 is 19.5 Å². The molecule has 4 rings (SSSR count). The molecular formula is C23H25BrN2O5. The third-order valence-electron chi connectivity index (χ3n) is 5.46. The van der Waals surface area contributed by atoms with Crippen molar-refractivity contribution >= 4 is 33.4 Å². The van der Waals surface area contributed by atoms with Crippen LogP contribution in [0.25, 0.3) is 0 Å². The molecule has 0 radical (unpaired) electrons. The van der Waals surface area contributed by atoms with Gasteiger partial charge in [0.05, 0.1) is 6.61 Å². The molecule has 2 aromatic carbocycles. The number of amides is 2. The number of anilines is 1. The highest BCUT2D eigenvalue weighted by Gasteiger charge is 2.27. The number of halogens is 1. The van der Waals surface area contributed by atoms with E-state index in [2.05, 4.69) is 21.2 Å². The van der Waals surface area contributed by atoms with Crippen LogP contribution in [0.5, 0.6) is 17.2 Å². The van der Waals surface area contributed by atoms with Crippen molar-refractivity contribution in [3.05, 3.63) is 46.9 Å². The summed E-state index contributed by atoms with van der Waals surface area (Å²) in [4.78, 5) is 26.9. The lowest BCUT2D eigenvalue weighted by atomic mass is 9.95. The van der Waals surface area contributed by atoms with E-state index in [0.717, 1.165) is 10.2 Å². The third kappa shape index (κ3) is 5.70. The van der Waals surface area contributed by atoms with Gasteiger partial charge in [-0.3, -0.25) is 9.59 Å².